The lowest BCUT2D eigenvalue weighted by Gasteiger charge is -2.30. The number of piperidine rings is 1. The quantitative estimate of drug-likeness (QED) is 0.735. The maximum absolute atomic E-state index is 13.0. The Morgan fingerprint density at radius 3 is 2.48 bits per heavy atom. The van der Waals surface area contributed by atoms with Crippen LogP contribution in [0.2, 0.25) is 5.02 Å². The van der Waals surface area contributed by atoms with E-state index in [4.69, 9.17) is 16.3 Å². The van der Waals surface area contributed by atoms with Crippen molar-refractivity contribution in [2.75, 3.05) is 36.5 Å². The van der Waals surface area contributed by atoms with Gasteiger partial charge < -0.3 is 10.1 Å². The molecular weight excluding hydrogens is 442 g/mol. The van der Waals surface area contributed by atoms with Crippen LogP contribution in [0.5, 0.6) is 5.75 Å². The van der Waals surface area contributed by atoms with Crippen molar-refractivity contribution in [2.24, 2.45) is 0 Å². The number of amides is 2. The van der Waals surface area contributed by atoms with Gasteiger partial charge in [-0.1, -0.05) is 18.0 Å². The molecule has 0 bridgehead atoms. The fourth-order valence-corrected chi connectivity index (χ4v) is 5.31. The third-order valence-corrected chi connectivity index (χ3v) is 7.40. The van der Waals surface area contributed by atoms with Gasteiger partial charge in [0.2, 0.25) is 15.9 Å². The summed E-state index contributed by atoms with van der Waals surface area (Å²) in [5.41, 5.74) is 0.803. The summed E-state index contributed by atoms with van der Waals surface area (Å²) < 4.78 is 33.0. The second kappa shape index (κ2) is 8.86. The first-order chi connectivity index (χ1) is 14.8. The van der Waals surface area contributed by atoms with Gasteiger partial charge in [0.25, 0.3) is 5.91 Å². The lowest BCUT2D eigenvalue weighted by molar-refractivity contribution is -0.123. The van der Waals surface area contributed by atoms with Crippen molar-refractivity contribution in [2.45, 2.75) is 24.2 Å². The fraction of sp³-hybridized carbons (Fsp3) is 0.333. The minimum absolute atomic E-state index is 0.0783. The molecule has 2 aliphatic heterocycles. The first-order valence-corrected chi connectivity index (χ1v) is 11.8. The molecular formula is C21H22ClN3O5S. The monoisotopic (exact) mass is 463 g/mol. The second-order valence-corrected chi connectivity index (χ2v) is 9.79. The van der Waals surface area contributed by atoms with Crippen LogP contribution in [0.25, 0.3) is 0 Å². The van der Waals surface area contributed by atoms with Crippen LogP contribution in [0.1, 0.15) is 19.3 Å². The van der Waals surface area contributed by atoms with E-state index in [-0.39, 0.29) is 23.7 Å². The van der Waals surface area contributed by atoms with E-state index in [1.54, 1.807) is 24.3 Å². The average molecular weight is 464 g/mol. The van der Waals surface area contributed by atoms with Gasteiger partial charge in [-0.2, -0.15) is 4.31 Å². The maximum atomic E-state index is 13.0. The van der Waals surface area contributed by atoms with Crippen LogP contribution >= 0.6 is 11.6 Å². The van der Waals surface area contributed by atoms with Crippen molar-refractivity contribution in [3.05, 3.63) is 47.5 Å². The number of sulfonamides is 1. The number of nitrogens with one attached hydrogen (secondary N) is 1. The normalized spacial score (nSPS) is 17.1. The Balaban J connectivity index is 1.58. The molecule has 0 unspecified atom stereocenters. The van der Waals surface area contributed by atoms with Crippen LogP contribution < -0.4 is 15.0 Å². The van der Waals surface area contributed by atoms with E-state index in [0.29, 0.717) is 29.5 Å². The van der Waals surface area contributed by atoms with E-state index in [9.17, 15) is 18.0 Å². The minimum atomic E-state index is -3.69. The van der Waals surface area contributed by atoms with Crippen molar-refractivity contribution < 1.29 is 22.7 Å². The molecule has 10 heteroatoms. The summed E-state index contributed by atoms with van der Waals surface area (Å²) in [5.74, 6) is -0.490. The zero-order chi connectivity index (χ0) is 22.0. The lowest BCUT2D eigenvalue weighted by atomic mass is 10.2. The molecule has 2 amide bonds. The molecule has 164 valence electrons. The SMILES string of the molecule is O=C(CN1C(=O)COc2ccc(S(=O)(=O)N3CCCCC3)cc21)Nc1ccc(Cl)cc1. The summed E-state index contributed by atoms with van der Waals surface area (Å²) in [7, 11) is -3.69. The molecule has 0 spiro atoms. The molecule has 0 radical (unpaired) electrons. The summed E-state index contributed by atoms with van der Waals surface area (Å²) >= 11 is 5.85. The molecule has 0 saturated carbocycles. The van der Waals surface area contributed by atoms with Crippen molar-refractivity contribution in [3.63, 3.8) is 0 Å². The van der Waals surface area contributed by atoms with Gasteiger partial charge in [0.05, 0.1) is 10.6 Å². The van der Waals surface area contributed by atoms with E-state index < -0.39 is 21.8 Å². The molecule has 0 aliphatic carbocycles. The number of fused-ring (bicyclic) bond motifs is 1. The van der Waals surface area contributed by atoms with Gasteiger partial charge in [-0.05, 0) is 55.3 Å². The molecule has 2 aromatic rings. The van der Waals surface area contributed by atoms with E-state index in [0.717, 1.165) is 19.3 Å². The van der Waals surface area contributed by atoms with Crippen LogP contribution in [0.3, 0.4) is 0 Å². The third-order valence-electron chi connectivity index (χ3n) is 5.26. The summed E-state index contributed by atoms with van der Waals surface area (Å²) in [6.45, 7) is 0.453. The van der Waals surface area contributed by atoms with Crippen LogP contribution in [0, 0.1) is 0 Å². The zero-order valence-corrected chi connectivity index (χ0v) is 18.3. The first kappa shape index (κ1) is 21.6. The molecule has 2 heterocycles. The average Bonchev–Trinajstić information content (AvgIpc) is 2.77. The topological polar surface area (TPSA) is 96.0 Å². The van der Waals surface area contributed by atoms with E-state index >= 15 is 0 Å². The van der Waals surface area contributed by atoms with Gasteiger partial charge in [-0.3, -0.25) is 14.5 Å². The Labute approximate surface area is 185 Å². The van der Waals surface area contributed by atoms with Gasteiger partial charge in [-0.15, -0.1) is 0 Å². The Morgan fingerprint density at radius 1 is 1.06 bits per heavy atom. The van der Waals surface area contributed by atoms with E-state index in [2.05, 4.69) is 5.32 Å². The number of nitrogens with zero attached hydrogens (tertiary/aromatic N) is 2. The van der Waals surface area contributed by atoms with Crippen LogP contribution in [-0.4, -0.2) is 50.8 Å². The summed E-state index contributed by atoms with van der Waals surface area (Å²) in [6.07, 6.45) is 2.65. The molecule has 2 aliphatic rings. The van der Waals surface area contributed by atoms with Crippen molar-refractivity contribution >= 4 is 44.8 Å². The Bertz CT molecular complexity index is 1100. The number of hydrogen-bond donors (Lipinski definition) is 1. The molecule has 4 rings (SSSR count). The molecule has 2 aromatic carbocycles. The van der Waals surface area contributed by atoms with Crippen molar-refractivity contribution in [1.82, 2.24) is 4.31 Å². The first-order valence-electron chi connectivity index (χ1n) is 9.97. The highest BCUT2D eigenvalue weighted by atomic mass is 35.5. The molecule has 1 fully saturated rings. The standard InChI is InChI=1S/C21H22ClN3O5S/c22-15-4-6-16(7-5-15)23-20(26)13-25-18-12-17(8-9-19(18)30-14-21(25)27)31(28,29)24-10-2-1-3-11-24/h4-9,12H,1-3,10-11,13-14H2,(H,23,26). The molecule has 8 nitrogen and oxygen atoms in total. The number of ether oxygens (including phenoxy) is 1. The molecule has 31 heavy (non-hydrogen) atoms. The van der Waals surface area contributed by atoms with Gasteiger partial charge in [0.15, 0.2) is 6.61 Å². The highest BCUT2D eigenvalue weighted by Crippen LogP contribution is 2.35. The summed E-state index contributed by atoms with van der Waals surface area (Å²) in [6, 6.07) is 11.0. The van der Waals surface area contributed by atoms with E-state index in [1.165, 1.54) is 27.4 Å². The van der Waals surface area contributed by atoms with Gasteiger partial charge in [0, 0.05) is 23.8 Å². The second-order valence-electron chi connectivity index (χ2n) is 7.42. The number of anilines is 2. The zero-order valence-electron chi connectivity index (χ0n) is 16.7. The van der Waals surface area contributed by atoms with Gasteiger partial charge >= 0.3 is 0 Å². The summed E-state index contributed by atoms with van der Waals surface area (Å²) in [5, 5.41) is 3.25. The highest BCUT2D eigenvalue weighted by Gasteiger charge is 2.31. The predicted molar refractivity (Wildman–Crippen MR) is 117 cm³/mol. The minimum Gasteiger partial charge on any atom is -0.482 e. The third kappa shape index (κ3) is 4.68. The van der Waals surface area contributed by atoms with E-state index in [1.807, 2.05) is 0 Å². The maximum Gasteiger partial charge on any atom is 0.265 e. The molecule has 1 N–H and O–H groups in total. The molecule has 0 aromatic heterocycles. The number of hydrogen-bond acceptors (Lipinski definition) is 5. The highest BCUT2D eigenvalue weighted by molar-refractivity contribution is 7.89. The Morgan fingerprint density at radius 2 is 1.77 bits per heavy atom. The lowest BCUT2D eigenvalue weighted by Crippen LogP contribution is -2.43. The fourth-order valence-electron chi connectivity index (χ4n) is 3.65. The van der Waals surface area contributed by atoms with Crippen molar-refractivity contribution in [3.8, 4) is 5.75 Å². The number of halogens is 1. The Hall–Kier alpha value is -2.62. The summed E-state index contributed by atoms with van der Waals surface area (Å²) in [4.78, 5) is 26.4. The molecule has 1 saturated heterocycles. The number of carbonyl (C=O) groups is 2. The van der Waals surface area contributed by atoms with Gasteiger partial charge in [-0.25, -0.2) is 8.42 Å². The van der Waals surface area contributed by atoms with Gasteiger partial charge in [0.1, 0.15) is 12.3 Å². The predicted octanol–water partition coefficient (Wildman–Crippen LogP) is 2.88. The molecule has 0 atom stereocenters. The Kier molecular flexibility index (Phi) is 6.17. The largest absolute Gasteiger partial charge is 0.482 e. The number of carbonyl (C=O) groups excluding carboxylic acids is 2. The number of benzene rings is 2. The van der Waals surface area contributed by atoms with Crippen LogP contribution in [-0.2, 0) is 19.6 Å². The van der Waals surface area contributed by atoms with Crippen molar-refractivity contribution in [1.29, 1.82) is 0 Å². The number of rotatable bonds is 5. The van der Waals surface area contributed by atoms with Crippen LogP contribution in [0.4, 0.5) is 11.4 Å². The van der Waals surface area contributed by atoms with Crippen LogP contribution in [0.15, 0.2) is 47.4 Å². The smallest absolute Gasteiger partial charge is 0.265 e.